The first-order chi connectivity index (χ1) is 8.81. The Balaban J connectivity index is 2.03. The summed E-state index contributed by atoms with van der Waals surface area (Å²) >= 11 is 0. The Kier molecular flexibility index (Phi) is 4.67. The van der Waals surface area contributed by atoms with Gasteiger partial charge in [0, 0.05) is 30.7 Å². The van der Waals surface area contributed by atoms with Gasteiger partial charge in [0.15, 0.2) is 0 Å². The average molecular weight is 243 g/mol. The fourth-order valence-corrected chi connectivity index (χ4v) is 2.03. The molecule has 96 valence electrons. The van der Waals surface area contributed by atoms with E-state index in [0.29, 0.717) is 6.04 Å². The highest BCUT2D eigenvalue weighted by Gasteiger charge is 2.03. The number of rotatable bonds is 6. The number of hydrogen-bond donors (Lipinski definition) is 2. The molecule has 2 N–H and O–H groups in total. The van der Waals surface area contributed by atoms with E-state index in [2.05, 4.69) is 53.7 Å². The number of likely N-dealkylation sites (N-methyl/N-ethyl adjacent to an activating group) is 1. The van der Waals surface area contributed by atoms with Crippen molar-refractivity contribution >= 4 is 10.9 Å². The van der Waals surface area contributed by atoms with Crippen molar-refractivity contribution in [3.63, 3.8) is 0 Å². The molecule has 0 bridgehead atoms. The lowest BCUT2D eigenvalue weighted by atomic mass is 10.1. The molecule has 3 heteroatoms. The van der Waals surface area contributed by atoms with Gasteiger partial charge < -0.3 is 10.6 Å². The summed E-state index contributed by atoms with van der Waals surface area (Å²) in [5.41, 5.74) is 2.38. The van der Waals surface area contributed by atoms with Crippen molar-refractivity contribution < 1.29 is 0 Å². The normalized spacial score (nSPS) is 12.8. The van der Waals surface area contributed by atoms with E-state index in [1.807, 2.05) is 12.3 Å². The van der Waals surface area contributed by atoms with Gasteiger partial charge in [-0.25, -0.2) is 0 Å². The lowest BCUT2D eigenvalue weighted by molar-refractivity contribution is 0.510. The van der Waals surface area contributed by atoms with Crippen molar-refractivity contribution in [2.24, 2.45) is 0 Å². The zero-order chi connectivity index (χ0) is 12.8. The highest BCUT2D eigenvalue weighted by molar-refractivity contribution is 5.81. The molecule has 1 unspecified atom stereocenters. The van der Waals surface area contributed by atoms with Gasteiger partial charge in [-0.2, -0.15) is 0 Å². The van der Waals surface area contributed by atoms with Gasteiger partial charge in [0.2, 0.25) is 0 Å². The van der Waals surface area contributed by atoms with Crippen LogP contribution in [0.2, 0.25) is 0 Å². The molecule has 0 saturated carbocycles. The highest BCUT2D eigenvalue weighted by Crippen LogP contribution is 2.15. The van der Waals surface area contributed by atoms with Crippen LogP contribution in [0.3, 0.4) is 0 Å². The Labute approximate surface area is 109 Å². The molecule has 0 fully saturated rings. The van der Waals surface area contributed by atoms with E-state index in [9.17, 15) is 0 Å². The molecule has 0 amide bonds. The molecule has 18 heavy (non-hydrogen) atoms. The first-order valence-corrected chi connectivity index (χ1v) is 6.58. The van der Waals surface area contributed by atoms with Crippen LogP contribution < -0.4 is 10.6 Å². The third-order valence-corrected chi connectivity index (χ3v) is 3.08. The van der Waals surface area contributed by atoms with Crippen LogP contribution in [-0.2, 0) is 6.54 Å². The lowest BCUT2D eigenvalue weighted by Gasteiger charge is -2.15. The number of benzene rings is 1. The van der Waals surface area contributed by atoms with Gasteiger partial charge in [-0.05, 0) is 31.2 Å². The summed E-state index contributed by atoms with van der Waals surface area (Å²) in [5, 5.41) is 8.12. The maximum absolute atomic E-state index is 4.38. The monoisotopic (exact) mass is 243 g/mol. The minimum Gasteiger partial charge on any atom is -0.315 e. The zero-order valence-electron chi connectivity index (χ0n) is 11.1. The molecule has 2 aromatic rings. The van der Waals surface area contributed by atoms with Crippen LogP contribution in [0.15, 0.2) is 36.5 Å². The minimum absolute atomic E-state index is 0.469. The Morgan fingerprint density at radius 2 is 2.06 bits per heavy atom. The van der Waals surface area contributed by atoms with E-state index in [1.54, 1.807) is 0 Å². The summed E-state index contributed by atoms with van der Waals surface area (Å²) in [6.45, 7) is 7.23. The second-order valence-electron chi connectivity index (χ2n) is 4.58. The molecule has 0 saturated heterocycles. The maximum atomic E-state index is 4.38. The SMILES string of the molecule is CCNCC(C)NCc1ccnc2ccccc12. The van der Waals surface area contributed by atoms with Gasteiger partial charge >= 0.3 is 0 Å². The summed E-state index contributed by atoms with van der Waals surface area (Å²) in [6.07, 6.45) is 1.88. The molecule has 0 radical (unpaired) electrons. The molecule has 2 rings (SSSR count). The quantitative estimate of drug-likeness (QED) is 0.817. The van der Waals surface area contributed by atoms with Crippen LogP contribution in [0, 0.1) is 0 Å². The van der Waals surface area contributed by atoms with Crippen LogP contribution >= 0.6 is 0 Å². The maximum Gasteiger partial charge on any atom is 0.0705 e. The first kappa shape index (κ1) is 13.0. The van der Waals surface area contributed by atoms with Crippen molar-refractivity contribution in [2.75, 3.05) is 13.1 Å². The molecule has 0 aliphatic heterocycles. The van der Waals surface area contributed by atoms with Gasteiger partial charge in [-0.15, -0.1) is 0 Å². The second kappa shape index (κ2) is 6.47. The molecule has 0 aliphatic carbocycles. The average Bonchev–Trinajstić information content (AvgIpc) is 2.42. The Bertz CT molecular complexity index is 491. The molecule has 1 aromatic heterocycles. The van der Waals surface area contributed by atoms with Gasteiger partial charge in [0.25, 0.3) is 0 Å². The predicted octanol–water partition coefficient (Wildman–Crippen LogP) is 2.32. The van der Waals surface area contributed by atoms with E-state index >= 15 is 0 Å². The minimum atomic E-state index is 0.469. The van der Waals surface area contributed by atoms with Crippen LogP contribution in [0.5, 0.6) is 0 Å². The summed E-state index contributed by atoms with van der Waals surface area (Å²) in [5.74, 6) is 0. The molecule has 1 atom stereocenters. The van der Waals surface area contributed by atoms with Crippen LogP contribution in [-0.4, -0.2) is 24.1 Å². The third-order valence-electron chi connectivity index (χ3n) is 3.08. The Morgan fingerprint density at radius 3 is 2.89 bits per heavy atom. The number of nitrogens with zero attached hydrogens (tertiary/aromatic N) is 1. The number of aromatic nitrogens is 1. The molecule has 0 spiro atoms. The fourth-order valence-electron chi connectivity index (χ4n) is 2.03. The number of fused-ring (bicyclic) bond motifs is 1. The van der Waals surface area contributed by atoms with Crippen molar-refractivity contribution in [1.29, 1.82) is 0 Å². The summed E-state index contributed by atoms with van der Waals surface area (Å²) in [7, 11) is 0. The van der Waals surface area contributed by atoms with Gasteiger partial charge in [0.1, 0.15) is 0 Å². The fraction of sp³-hybridized carbons (Fsp3) is 0.400. The molecular weight excluding hydrogens is 222 g/mol. The van der Waals surface area contributed by atoms with Crippen molar-refractivity contribution in [1.82, 2.24) is 15.6 Å². The molecule has 3 nitrogen and oxygen atoms in total. The first-order valence-electron chi connectivity index (χ1n) is 6.58. The molecular formula is C15H21N3. The van der Waals surface area contributed by atoms with Crippen molar-refractivity contribution in [2.45, 2.75) is 26.4 Å². The van der Waals surface area contributed by atoms with Crippen molar-refractivity contribution in [3.05, 3.63) is 42.1 Å². The largest absolute Gasteiger partial charge is 0.315 e. The van der Waals surface area contributed by atoms with Gasteiger partial charge in [-0.3, -0.25) is 4.98 Å². The van der Waals surface area contributed by atoms with Gasteiger partial charge in [0.05, 0.1) is 5.52 Å². The smallest absolute Gasteiger partial charge is 0.0705 e. The third kappa shape index (κ3) is 3.28. The zero-order valence-corrected chi connectivity index (χ0v) is 11.1. The molecule has 0 aliphatic rings. The molecule has 1 heterocycles. The van der Waals surface area contributed by atoms with E-state index in [-0.39, 0.29) is 0 Å². The van der Waals surface area contributed by atoms with Crippen LogP contribution in [0.4, 0.5) is 0 Å². The highest BCUT2D eigenvalue weighted by atomic mass is 15.0. The number of para-hydroxylation sites is 1. The standard InChI is InChI=1S/C15H21N3/c1-3-16-10-12(2)18-11-13-8-9-17-15-7-5-4-6-14(13)15/h4-9,12,16,18H,3,10-11H2,1-2H3. The summed E-state index contributed by atoms with van der Waals surface area (Å²) < 4.78 is 0. The van der Waals surface area contributed by atoms with Crippen LogP contribution in [0.25, 0.3) is 10.9 Å². The predicted molar refractivity (Wildman–Crippen MR) is 76.6 cm³/mol. The van der Waals surface area contributed by atoms with E-state index in [0.717, 1.165) is 25.2 Å². The van der Waals surface area contributed by atoms with Gasteiger partial charge in [-0.1, -0.05) is 25.1 Å². The summed E-state index contributed by atoms with van der Waals surface area (Å²) in [6, 6.07) is 10.8. The molecule has 1 aromatic carbocycles. The lowest BCUT2D eigenvalue weighted by Crippen LogP contribution is -2.35. The van der Waals surface area contributed by atoms with Crippen LogP contribution in [0.1, 0.15) is 19.4 Å². The Hall–Kier alpha value is -1.45. The van der Waals surface area contributed by atoms with E-state index in [1.165, 1.54) is 10.9 Å². The topological polar surface area (TPSA) is 37.0 Å². The Morgan fingerprint density at radius 1 is 1.22 bits per heavy atom. The number of pyridine rings is 1. The summed E-state index contributed by atoms with van der Waals surface area (Å²) in [4.78, 5) is 4.38. The van der Waals surface area contributed by atoms with Crippen molar-refractivity contribution in [3.8, 4) is 0 Å². The van der Waals surface area contributed by atoms with E-state index < -0.39 is 0 Å². The second-order valence-corrected chi connectivity index (χ2v) is 4.58. The van der Waals surface area contributed by atoms with E-state index in [4.69, 9.17) is 0 Å². The number of nitrogens with one attached hydrogen (secondary N) is 2. The number of hydrogen-bond acceptors (Lipinski definition) is 3.